The maximum atomic E-state index is 2.53. The van der Waals surface area contributed by atoms with Crippen LogP contribution in [-0.2, 0) is 13.1 Å². The SMILES string of the molecule is C(=C\c1ccc2ccccc2[n+]1CCCCCCCC[n+]1c(/C=C/c2ccc(N3CCCCC3)cc2)ccc2ccccc21)/c1ccc(N2CCCCC2)cc1.[I-].[I-]. The van der Waals surface area contributed by atoms with Crippen molar-refractivity contribution < 1.29 is 57.1 Å². The minimum atomic E-state index is 0. The maximum absolute atomic E-state index is 2.53. The largest absolute Gasteiger partial charge is 1.00 e. The molecular formula is C52H60I2N4. The maximum Gasteiger partial charge on any atom is 0.212 e. The summed E-state index contributed by atoms with van der Waals surface area (Å²) in [6.07, 6.45) is 24.6. The molecule has 4 aromatic carbocycles. The molecule has 0 spiro atoms. The molecule has 2 fully saturated rings. The Morgan fingerprint density at radius 3 is 1.17 bits per heavy atom. The van der Waals surface area contributed by atoms with Crippen molar-refractivity contribution in [3.63, 3.8) is 0 Å². The zero-order valence-corrected chi connectivity index (χ0v) is 38.4. The zero-order valence-electron chi connectivity index (χ0n) is 34.1. The van der Waals surface area contributed by atoms with Crippen molar-refractivity contribution in [1.29, 1.82) is 0 Å². The molecular weight excluding hydrogens is 934 g/mol. The summed E-state index contributed by atoms with van der Waals surface area (Å²) >= 11 is 0. The van der Waals surface area contributed by atoms with Crippen molar-refractivity contribution in [2.24, 2.45) is 0 Å². The number of pyridine rings is 2. The number of hydrogen-bond acceptors (Lipinski definition) is 2. The number of piperidine rings is 2. The molecule has 0 unspecified atom stereocenters. The minimum Gasteiger partial charge on any atom is -1.00 e. The van der Waals surface area contributed by atoms with Gasteiger partial charge in [0, 0.05) is 97.6 Å². The molecule has 4 heterocycles. The summed E-state index contributed by atoms with van der Waals surface area (Å²) in [4.78, 5) is 5.06. The first-order chi connectivity index (χ1) is 27.8. The van der Waals surface area contributed by atoms with Gasteiger partial charge in [0.1, 0.15) is 13.1 Å². The third-order valence-electron chi connectivity index (χ3n) is 12.1. The summed E-state index contributed by atoms with van der Waals surface area (Å²) in [6.45, 7) is 6.82. The number of rotatable bonds is 15. The molecule has 2 aliphatic rings. The molecule has 6 aromatic rings. The van der Waals surface area contributed by atoms with Crippen molar-refractivity contribution in [1.82, 2.24) is 0 Å². The normalized spacial score (nSPS) is 14.6. The van der Waals surface area contributed by atoms with Crippen LogP contribution in [0.2, 0.25) is 0 Å². The first-order valence-corrected chi connectivity index (χ1v) is 21.7. The molecule has 2 aliphatic heterocycles. The molecule has 0 amide bonds. The van der Waals surface area contributed by atoms with Gasteiger partial charge in [0.15, 0.2) is 0 Å². The molecule has 0 aliphatic carbocycles. The average molecular weight is 995 g/mol. The van der Waals surface area contributed by atoms with Gasteiger partial charge in [0.25, 0.3) is 0 Å². The van der Waals surface area contributed by atoms with Crippen LogP contribution in [0.4, 0.5) is 11.4 Å². The molecule has 4 nitrogen and oxygen atoms in total. The lowest BCUT2D eigenvalue weighted by Gasteiger charge is -2.28. The summed E-state index contributed by atoms with van der Waals surface area (Å²) in [7, 11) is 0. The second-order valence-electron chi connectivity index (χ2n) is 16.0. The van der Waals surface area contributed by atoms with E-state index in [9.17, 15) is 0 Å². The molecule has 2 saturated heterocycles. The van der Waals surface area contributed by atoms with Crippen LogP contribution in [0.25, 0.3) is 46.1 Å². The highest BCUT2D eigenvalue weighted by Crippen LogP contribution is 2.23. The Bertz CT molecular complexity index is 2070. The van der Waals surface area contributed by atoms with Crippen molar-refractivity contribution in [2.45, 2.75) is 90.1 Å². The van der Waals surface area contributed by atoms with Gasteiger partial charge >= 0.3 is 0 Å². The minimum absolute atomic E-state index is 0. The molecule has 0 saturated carbocycles. The lowest BCUT2D eigenvalue weighted by Crippen LogP contribution is -3.00. The summed E-state index contributed by atoms with van der Waals surface area (Å²) in [5.41, 5.74) is 10.4. The fourth-order valence-corrected chi connectivity index (χ4v) is 8.85. The Labute approximate surface area is 381 Å². The number of halogens is 2. The van der Waals surface area contributed by atoms with E-state index in [-0.39, 0.29) is 48.0 Å². The number of aryl methyl sites for hydroxylation is 2. The predicted molar refractivity (Wildman–Crippen MR) is 239 cm³/mol. The van der Waals surface area contributed by atoms with E-state index in [2.05, 4.69) is 165 Å². The van der Waals surface area contributed by atoms with E-state index in [4.69, 9.17) is 0 Å². The van der Waals surface area contributed by atoms with E-state index in [1.165, 1.54) is 159 Å². The molecule has 302 valence electrons. The zero-order chi connectivity index (χ0) is 37.8. The lowest BCUT2D eigenvalue weighted by molar-refractivity contribution is -0.673. The van der Waals surface area contributed by atoms with Gasteiger partial charge in [-0.1, -0.05) is 61.4 Å². The summed E-state index contributed by atoms with van der Waals surface area (Å²) in [6, 6.07) is 45.1. The summed E-state index contributed by atoms with van der Waals surface area (Å²) in [5, 5.41) is 2.61. The highest BCUT2D eigenvalue weighted by molar-refractivity contribution is 5.78. The molecule has 0 N–H and O–H groups in total. The van der Waals surface area contributed by atoms with Gasteiger partial charge < -0.3 is 57.8 Å². The van der Waals surface area contributed by atoms with E-state index in [1.54, 1.807) is 0 Å². The van der Waals surface area contributed by atoms with Crippen LogP contribution >= 0.6 is 0 Å². The fourth-order valence-electron chi connectivity index (χ4n) is 8.85. The second kappa shape index (κ2) is 22.6. The Balaban J connectivity index is 0.00000283. The number of fused-ring (bicyclic) bond motifs is 2. The van der Waals surface area contributed by atoms with Gasteiger partial charge in [-0.15, -0.1) is 0 Å². The van der Waals surface area contributed by atoms with Crippen LogP contribution in [0.15, 0.2) is 121 Å². The van der Waals surface area contributed by atoms with E-state index in [0.29, 0.717) is 0 Å². The quantitative estimate of drug-likeness (QED) is 0.0720. The van der Waals surface area contributed by atoms with Crippen LogP contribution in [0, 0.1) is 0 Å². The Morgan fingerprint density at radius 1 is 0.379 bits per heavy atom. The van der Waals surface area contributed by atoms with Crippen molar-refractivity contribution >= 4 is 57.5 Å². The van der Waals surface area contributed by atoms with Gasteiger partial charge in [-0.3, -0.25) is 0 Å². The van der Waals surface area contributed by atoms with Gasteiger partial charge in [0.2, 0.25) is 22.4 Å². The highest BCUT2D eigenvalue weighted by atomic mass is 127. The molecule has 58 heavy (non-hydrogen) atoms. The number of anilines is 2. The van der Waals surface area contributed by atoms with Crippen LogP contribution in [0.1, 0.15) is 99.6 Å². The van der Waals surface area contributed by atoms with Crippen molar-refractivity contribution in [2.75, 3.05) is 36.0 Å². The van der Waals surface area contributed by atoms with Crippen LogP contribution in [0.5, 0.6) is 0 Å². The molecule has 6 heteroatoms. The summed E-state index contributed by atoms with van der Waals surface area (Å²) < 4.78 is 5.06. The van der Waals surface area contributed by atoms with E-state index in [0.717, 1.165) is 13.1 Å². The topological polar surface area (TPSA) is 14.2 Å². The number of para-hydroxylation sites is 2. The first kappa shape index (κ1) is 43.8. The number of unbranched alkanes of at least 4 members (excludes halogenated alkanes) is 5. The van der Waals surface area contributed by atoms with E-state index < -0.39 is 0 Å². The van der Waals surface area contributed by atoms with Crippen LogP contribution in [0.3, 0.4) is 0 Å². The third-order valence-corrected chi connectivity index (χ3v) is 12.1. The number of aromatic nitrogens is 2. The number of hydrogen-bond donors (Lipinski definition) is 0. The van der Waals surface area contributed by atoms with E-state index >= 15 is 0 Å². The number of benzene rings is 4. The highest BCUT2D eigenvalue weighted by Gasteiger charge is 2.16. The average Bonchev–Trinajstić information content (AvgIpc) is 3.27. The predicted octanol–water partition coefficient (Wildman–Crippen LogP) is 5.94. The monoisotopic (exact) mass is 994 g/mol. The molecule has 8 rings (SSSR count). The van der Waals surface area contributed by atoms with Crippen LogP contribution < -0.4 is 66.9 Å². The molecule has 0 bridgehead atoms. The van der Waals surface area contributed by atoms with Gasteiger partial charge in [-0.2, -0.15) is 9.13 Å². The second-order valence-corrected chi connectivity index (χ2v) is 16.0. The third kappa shape index (κ3) is 11.5. The van der Waals surface area contributed by atoms with Gasteiger partial charge in [-0.05, 0) is 123 Å². The van der Waals surface area contributed by atoms with Crippen LogP contribution in [-0.4, -0.2) is 26.2 Å². The fraction of sp³-hybridized carbons (Fsp3) is 0.346. The standard InChI is InChI=1S/C52H60N4.2HI/c1(3-15-41-55-49(35-27-45-17-7-9-19-51(45)55)33-25-43-21-29-47(30-22-43)53-37-11-5-12-38-53)2-4-16-42-56-50(36-28-46-18-8-10-20-52(46)56)34-26-44-23-31-48(32-24-44)54-39-13-6-14-40-54;;/h7-10,17-36H,1-6,11-16,37-42H2;2*1H/q+2;;/p-2. The Morgan fingerprint density at radius 2 is 0.759 bits per heavy atom. The van der Waals surface area contributed by atoms with E-state index in [1.807, 2.05) is 0 Å². The molecule has 2 aromatic heterocycles. The van der Waals surface area contributed by atoms with Crippen molar-refractivity contribution in [3.05, 3.63) is 144 Å². The number of nitrogens with zero attached hydrogens (tertiary/aromatic N) is 4. The molecule has 0 radical (unpaired) electrons. The van der Waals surface area contributed by atoms with Gasteiger partial charge in [-0.25, -0.2) is 0 Å². The Hall–Kier alpha value is -3.76. The lowest BCUT2D eigenvalue weighted by atomic mass is 10.1. The summed E-state index contributed by atoms with van der Waals surface area (Å²) in [5.74, 6) is 0. The first-order valence-electron chi connectivity index (χ1n) is 21.7. The Kier molecular flexibility index (Phi) is 17.0. The molecule has 0 atom stereocenters. The van der Waals surface area contributed by atoms with Gasteiger partial charge in [0.05, 0.1) is 0 Å². The smallest absolute Gasteiger partial charge is 0.212 e. The van der Waals surface area contributed by atoms with Crippen molar-refractivity contribution in [3.8, 4) is 0 Å².